The van der Waals surface area contributed by atoms with Crippen molar-refractivity contribution in [1.29, 1.82) is 0 Å². The topological polar surface area (TPSA) is 237 Å². The monoisotopic (exact) mass is 1420 g/mol. The van der Waals surface area contributed by atoms with E-state index in [1.54, 1.807) is 0 Å². The first-order valence-electron chi connectivity index (χ1n) is 38.8. The summed E-state index contributed by atoms with van der Waals surface area (Å²) in [5, 5.41) is 10.6. The fourth-order valence-electron chi connectivity index (χ4n) is 10.4. The quantitative estimate of drug-likeness (QED) is 0.0169. The molecule has 0 radical (unpaired) electrons. The Morgan fingerprint density at radius 1 is 0.286 bits per heavy atom. The van der Waals surface area contributed by atoms with Gasteiger partial charge in [-0.25, -0.2) is 9.13 Å². The smallest absolute Gasteiger partial charge is 0.462 e. The van der Waals surface area contributed by atoms with Crippen molar-refractivity contribution in [3.8, 4) is 0 Å². The molecule has 5 atom stereocenters. The molecular formula is C79H140O17P2. The van der Waals surface area contributed by atoms with Crippen molar-refractivity contribution in [1.82, 2.24) is 0 Å². The van der Waals surface area contributed by atoms with Gasteiger partial charge in [0, 0.05) is 25.7 Å². The maximum Gasteiger partial charge on any atom is 0.472 e. The molecule has 0 amide bonds. The Labute approximate surface area is 595 Å². The molecule has 17 nitrogen and oxygen atoms in total. The number of hydrogen-bond acceptors (Lipinski definition) is 15. The summed E-state index contributed by atoms with van der Waals surface area (Å²) in [6, 6.07) is 0. The average Bonchev–Trinajstić information content (AvgIpc) is 1.05. The molecule has 3 N–H and O–H groups in total. The minimum Gasteiger partial charge on any atom is -0.462 e. The number of carbonyl (C=O) groups is 4. The number of hydrogen-bond donors (Lipinski definition) is 3. The Hall–Kier alpha value is -3.76. The Balaban J connectivity index is 5.40. The van der Waals surface area contributed by atoms with E-state index >= 15 is 0 Å². The van der Waals surface area contributed by atoms with Crippen LogP contribution in [0.15, 0.2) is 85.1 Å². The summed E-state index contributed by atoms with van der Waals surface area (Å²) < 4.78 is 68.4. The van der Waals surface area contributed by atoms with E-state index in [1.807, 2.05) is 12.2 Å². The van der Waals surface area contributed by atoms with Gasteiger partial charge in [0.15, 0.2) is 12.2 Å². The van der Waals surface area contributed by atoms with Crippen molar-refractivity contribution >= 4 is 39.5 Å². The van der Waals surface area contributed by atoms with Gasteiger partial charge in [0.1, 0.15) is 19.3 Å². The molecule has 0 bridgehead atoms. The second kappa shape index (κ2) is 71.6. The van der Waals surface area contributed by atoms with Crippen molar-refractivity contribution in [3.63, 3.8) is 0 Å². The fraction of sp³-hybridized carbons (Fsp3) is 0.772. The standard InChI is InChI=1S/C79H140O17P2/c1-5-9-13-17-21-25-29-33-35-36-38-42-46-50-54-58-62-66-79(84)96-75(70-90-77(82)64-60-56-52-48-44-40-32-28-24-20-16-12-8-4)72-94-98(87,88)92-68-73(80)67-91-97(85,86)93-71-74(69-89-76(81)63-59-55-51-47-43-39-31-27-23-19-15-11-7-3)95-78(83)65-61-57-53-49-45-41-37-34-30-26-22-18-14-10-6-2/h21-22,25-27,31,33-35,37-38,42,50,54,73-75,80H,5-20,23-24,28-30,32,36,39-41,43-49,51-53,55-72H2,1-4H3,(H,85,86)(H,87,88)/b25-21-,26-22-,31-27-,35-33-,37-34-,42-38-,54-50-/t73-,74+,75+/m0/s1. The van der Waals surface area contributed by atoms with Crippen LogP contribution in [0.1, 0.15) is 336 Å². The lowest BCUT2D eigenvalue weighted by Crippen LogP contribution is -2.30. The molecule has 2 unspecified atom stereocenters. The second-order valence-corrected chi connectivity index (χ2v) is 28.9. The molecule has 0 aliphatic rings. The highest BCUT2D eigenvalue weighted by Gasteiger charge is 2.30. The molecule has 0 rings (SSSR count). The number of phosphoric acid groups is 2. The van der Waals surface area contributed by atoms with Crippen molar-refractivity contribution in [2.24, 2.45) is 0 Å². The van der Waals surface area contributed by atoms with E-state index in [1.165, 1.54) is 122 Å². The van der Waals surface area contributed by atoms with Crippen LogP contribution in [-0.2, 0) is 65.4 Å². The van der Waals surface area contributed by atoms with Gasteiger partial charge >= 0.3 is 39.5 Å². The summed E-state index contributed by atoms with van der Waals surface area (Å²) in [7, 11) is -9.96. The van der Waals surface area contributed by atoms with Gasteiger partial charge in [0.25, 0.3) is 0 Å². The summed E-state index contributed by atoms with van der Waals surface area (Å²) >= 11 is 0. The van der Waals surface area contributed by atoms with Crippen LogP contribution in [0.4, 0.5) is 0 Å². The first-order valence-corrected chi connectivity index (χ1v) is 41.8. The minimum atomic E-state index is -4.99. The number of ether oxygens (including phenoxy) is 4. The molecule has 0 saturated carbocycles. The van der Waals surface area contributed by atoms with Crippen LogP contribution >= 0.6 is 15.6 Å². The lowest BCUT2D eigenvalue weighted by Gasteiger charge is -2.21. The number of carbonyl (C=O) groups excluding carboxylic acids is 4. The second-order valence-electron chi connectivity index (χ2n) is 25.9. The van der Waals surface area contributed by atoms with Gasteiger partial charge in [-0.2, -0.15) is 0 Å². The van der Waals surface area contributed by atoms with Gasteiger partial charge in [-0.05, 0) is 122 Å². The molecule has 0 spiro atoms. The predicted octanol–water partition coefficient (Wildman–Crippen LogP) is 22.2. The fourth-order valence-corrected chi connectivity index (χ4v) is 11.9. The zero-order valence-electron chi connectivity index (χ0n) is 62.0. The molecule has 568 valence electrons. The normalized spacial score (nSPS) is 14.4. The van der Waals surface area contributed by atoms with Crippen LogP contribution in [0.3, 0.4) is 0 Å². The molecule has 0 saturated heterocycles. The molecule has 0 aromatic carbocycles. The zero-order valence-corrected chi connectivity index (χ0v) is 63.7. The van der Waals surface area contributed by atoms with Gasteiger partial charge in [0.2, 0.25) is 0 Å². The minimum absolute atomic E-state index is 0.0216. The van der Waals surface area contributed by atoms with Crippen LogP contribution in [0.2, 0.25) is 0 Å². The van der Waals surface area contributed by atoms with Gasteiger partial charge in [-0.15, -0.1) is 0 Å². The number of aliphatic hydroxyl groups is 1. The molecule has 0 fully saturated rings. The van der Waals surface area contributed by atoms with E-state index in [0.29, 0.717) is 32.1 Å². The average molecular weight is 1420 g/mol. The van der Waals surface area contributed by atoms with Gasteiger partial charge in [-0.3, -0.25) is 37.3 Å². The Kier molecular flexibility index (Phi) is 68.9. The number of aliphatic hydroxyl groups excluding tert-OH is 1. The third kappa shape index (κ3) is 70.7. The predicted molar refractivity (Wildman–Crippen MR) is 399 cm³/mol. The molecule has 0 aliphatic carbocycles. The molecule has 0 aromatic heterocycles. The Morgan fingerprint density at radius 3 is 0.847 bits per heavy atom. The lowest BCUT2D eigenvalue weighted by molar-refractivity contribution is -0.161. The SMILES string of the molecule is CCCCC/C=C\C/C=C\C/C=C\C/C=C\CCCC(=O)O[C@H](COC(=O)CCCCCCCCCCCCCCC)COP(=O)(O)OC[C@@H](O)COP(=O)(O)OC[C@@H](COC(=O)CCCCCCC/C=C\CCCCCC)OC(=O)CCCCCCC/C=C\C/C=C\CCCCC. The maximum absolute atomic E-state index is 13.1. The summed E-state index contributed by atoms with van der Waals surface area (Å²) in [5.74, 6) is -2.25. The number of unbranched alkanes of at least 4 members (excludes halogenated alkanes) is 33. The largest absolute Gasteiger partial charge is 0.472 e. The molecule has 19 heteroatoms. The number of allylic oxidation sites excluding steroid dienone is 14. The molecular weight excluding hydrogens is 1280 g/mol. The van der Waals surface area contributed by atoms with Crippen LogP contribution in [0.25, 0.3) is 0 Å². The van der Waals surface area contributed by atoms with Crippen molar-refractivity contribution in [2.45, 2.75) is 354 Å². The van der Waals surface area contributed by atoms with E-state index in [0.717, 1.165) is 128 Å². The third-order valence-corrected chi connectivity index (χ3v) is 18.2. The van der Waals surface area contributed by atoms with Gasteiger partial charge in [-0.1, -0.05) is 273 Å². The number of rotatable bonds is 73. The highest BCUT2D eigenvalue weighted by Crippen LogP contribution is 2.45. The molecule has 0 heterocycles. The summed E-state index contributed by atoms with van der Waals surface area (Å²) in [5.41, 5.74) is 0. The van der Waals surface area contributed by atoms with E-state index in [4.69, 9.17) is 37.0 Å². The Morgan fingerprint density at radius 2 is 0.510 bits per heavy atom. The number of esters is 4. The molecule has 0 aliphatic heterocycles. The summed E-state index contributed by atoms with van der Waals surface area (Å²) in [6.45, 7) is 4.75. The van der Waals surface area contributed by atoms with Gasteiger partial charge < -0.3 is 33.8 Å². The maximum atomic E-state index is 13.1. The van der Waals surface area contributed by atoms with Crippen LogP contribution in [-0.4, -0.2) is 96.7 Å². The molecule has 0 aromatic rings. The van der Waals surface area contributed by atoms with Crippen LogP contribution in [0.5, 0.6) is 0 Å². The van der Waals surface area contributed by atoms with E-state index in [9.17, 15) is 43.2 Å². The lowest BCUT2D eigenvalue weighted by atomic mass is 10.0. The van der Waals surface area contributed by atoms with Crippen LogP contribution in [0, 0.1) is 0 Å². The van der Waals surface area contributed by atoms with E-state index in [2.05, 4.69) is 101 Å². The Bertz CT molecular complexity index is 2190. The van der Waals surface area contributed by atoms with Gasteiger partial charge in [0.05, 0.1) is 26.4 Å². The van der Waals surface area contributed by atoms with Crippen molar-refractivity contribution in [3.05, 3.63) is 85.1 Å². The highest BCUT2D eigenvalue weighted by molar-refractivity contribution is 7.47. The number of phosphoric ester groups is 2. The van der Waals surface area contributed by atoms with Crippen molar-refractivity contribution < 1.29 is 80.2 Å². The first-order chi connectivity index (χ1) is 47.7. The zero-order chi connectivity index (χ0) is 71.8. The van der Waals surface area contributed by atoms with Crippen molar-refractivity contribution in [2.75, 3.05) is 39.6 Å². The summed E-state index contributed by atoms with van der Waals surface area (Å²) in [6.07, 6.45) is 72.9. The molecule has 98 heavy (non-hydrogen) atoms. The first kappa shape index (κ1) is 94.2. The summed E-state index contributed by atoms with van der Waals surface area (Å²) in [4.78, 5) is 72.8. The third-order valence-electron chi connectivity index (χ3n) is 16.3. The van der Waals surface area contributed by atoms with E-state index in [-0.39, 0.29) is 25.7 Å². The van der Waals surface area contributed by atoms with Crippen LogP contribution < -0.4 is 0 Å². The highest BCUT2D eigenvalue weighted by atomic mass is 31.2. The van der Waals surface area contributed by atoms with E-state index < -0.39 is 97.5 Å².